The first kappa shape index (κ1) is 27.8. The minimum atomic E-state index is -0.849. The van der Waals surface area contributed by atoms with Crippen molar-refractivity contribution in [2.75, 3.05) is 32.8 Å². The fourth-order valence-corrected chi connectivity index (χ4v) is 3.47. The second-order valence-corrected chi connectivity index (χ2v) is 8.20. The molecule has 3 unspecified atom stereocenters. The number of aliphatic hydroxyl groups is 3. The Kier molecular flexibility index (Phi) is 15.9. The average Bonchev–Trinajstić information content (AvgIpc) is 2.67. The summed E-state index contributed by atoms with van der Waals surface area (Å²) in [7, 11) is 0. The molecule has 0 saturated heterocycles. The number of unbranched alkanes of at least 4 members (excludes halogenated alkanes) is 2. The van der Waals surface area contributed by atoms with Gasteiger partial charge in [0.2, 0.25) is 0 Å². The number of aliphatic hydroxyl groups excluding tert-OH is 3. The summed E-state index contributed by atoms with van der Waals surface area (Å²) in [6.07, 6.45) is 12.4. The summed E-state index contributed by atoms with van der Waals surface area (Å²) in [4.78, 5) is 11.3. The van der Waals surface area contributed by atoms with Gasteiger partial charge >= 0.3 is 5.97 Å². The minimum Gasteiger partial charge on any atom is -0.481 e. The van der Waals surface area contributed by atoms with E-state index in [2.05, 4.69) is 26.0 Å². The van der Waals surface area contributed by atoms with Crippen molar-refractivity contribution < 1.29 is 29.7 Å². The molecule has 0 radical (unpaired) electrons. The molecule has 6 nitrogen and oxygen atoms in total. The predicted octanol–water partition coefficient (Wildman–Crippen LogP) is 3.12. The third-order valence-corrected chi connectivity index (χ3v) is 5.29. The van der Waals surface area contributed by atoms with Crippen LogP contribution in [0.4, 0.5) is 0 Å². The van der Waals surface area contributed by atoms with Gasteiger partial charge in [0.15, 0.2) is 0 Å². The molecule has 170 valence electrons. The van der Waals surface area contributed by atoms with Gasteiger partial charge in [-0.1, -0.05) is 57.9 Å². The highest BCUT2D eigenvalue weighted by atomic mass is 16.4. The van der Waals surface area contributed by atoms with E-state index in [1.807, 2.05) is 12.2 Å². The summed E-state index contributed by atoms with van der Waals surface area (Å²) < 4.78 is 0.319. The fourth-order valence-electron chi connectivity index (χ4n) is 3.47. The van der Waals surface area contributed by atoms with Crippen molar-refractivity contribution in [1.29, 1.82) is 0 Å². The Morgan fingerprint density at radius 2 is 1.38 bits per heavy atom. The topological polar surface area (TPSA) is 98.0 Å². The van der Waals surface area contributed by atoms with Crippen LogP contribution in [0.15, 0.2) is 24.3 Å². The standard InChI is InChI=1S/C23H43NO5/c1-4-6-8-10-12-21(26)18-24(16-17-25,15-14-20(3)23(28)29)19-22(27)13-11-9-7-5-2/h8-11,20-22,25-27H,4-7,12-19H2,1-3H3/p+1/b10-8+,11-9+. The molecule has 0 aliphatic rings. The van der Waals surface area contributed by atoms with Gasteiger partial charge < -0.3 is 24.9 Å². The van der Waals surface area contributed by atoms with Gasteiger partial charge in [-0.3, -0.25) is 4.79 Å². The number of nitrogens with zero attached hydrogens (tertiary/aromatic N) is 1. The number of carboxylic acids is 1. The highest BCUT2D eigenvalue weighted by Gasteiger charge is 2.33. The van der Waals surface area contributed by atoms with Crippen LogP contribution in [0.5, 0.6) is 0 Å². The van der Waals surface area contributed by atoms with Crippen LogP contribution in [0.3, 0.4) is 0 Å². The van der Waals surface area contributed by atoms with Crippen molar-refractivity contribution in [2.24, 2.45) is 5.92 Å². The van der Waals surface area contributed by atoms with Gasteiger partial charge in [-0.2, -0.15) is 0 Å². The van der Waals surface area contributed by atoms with Crippen LogP contribution in [-0.4, -0.2) is 75.9 Å². The Balaban J connectivity index is 5.21. The maximum atomic E-state index is 11.3. The SMILES string of the molecule is CCC/C=C/CC(O)C[N+](CCO)(CCC(C)C(=O)O)CC(O)C/C=C/CCC. The molecule has 0 aromatic carbocycles. The number of hydrogen-bond acceptors (Lipinski definition) is 4. The molecule has 6 heteroatoms. The third-order valence-electron chi connectivity index (χ3n) is 5.29. The van der Waals surface area contributed by atoms with Crippen LogP contribution < -0.4 is 0 Å². The van der Waals surface area contributed by atoms with Crippen molar-refractivity contribution in [3.05, 3.63) is 24.3 Å². The molecule has 0 rings (SSSR count). The van der Waals surface area contributed by atoms with Crippen LogP contribution in [0.25, 0.3) is 0 Å². The van der Waals surface area contributed by atoms with Gasteiger partial charge in [-0.25, -0.2) is 0 Å². The van der Waals surface area contributed by atoms with Gasteiger partial charge in [0.1, 0.15) is 31.8 Å². The number of allylic oxidation sites excluding steroid dienone is 2. The zero-order valence-corrected chi connectivity index (χ0v) is 18.7. The molecule has 4 N–H and O–H groups in total. The molecule has 0 saturated carbocycles. The molecule has 0 aromatic heterocycles. The summed E-state index contributed by atoms with van der Waals surface area (Å²) >= 11 is 0. The second kappa shape index (κ2) is 16.6. The molecule has 0 aromatic rings. The maximum absolute atomic E-state index is 11.3. The Morgan fingerprint density at radius 3 is 1.76 bits per heavy atom. The van der Waals surface area contributed by atoms with Gasteiger partial charge in [-0.05, 0) is 25.7 Å². The van der Waals surface area contributed by atoms with E-state index in [1.54, 1.807) is 6.92 Å². The molecule has 0 spiro atoms. The zero-order valence-electron chi connectivity index (χ0n) is 18.7. The van der Waals surface area contributed by atoms with Crippen molar-refractivity contribution in [2.45, 2.75) is 77.9 Å². The lowest BCUT2D eigenvalue weighted by atomic mass is 10.0. The summed E-state index contributed by atoms with van der Waals surface area (Å²) in [5.74, 6) is -1.35. The Morgan fingerprint density at radius 1 is 0.897 bits per heavy atom. The number of aliphatic carboxylic acids is 1. The van der Waals surface area contributed by atoms with Crippen LogP contribution in [0.1, 0.15) is 65.7 Å². The molecule has 0 aliphatic heterocycles. The van der Waals surface area contributed by atoms with E-state index < -0.39 is 24.1 Å². The first-order valence-corrected chi connectivity index (χ1v) is 11.1. The van der Waals surface area contributed by atoms with E-state index in [0.29, 0.717) is 49.9 Å². The van der Waals surface area contributed by atoms with E-state index in [0.717, 1.165) is 25.7 Å². The van der Waals surface area contributed by atoms with Gasteiger partial charge in [0.25, 0.3) is 0 Å². The fraction of sp³-hybridized carbons (Fsp3) is 0.783. The van der Waals surface area contributed by atoms with Crippen molar-refractivity contribution in [3.8, 4) is 0 Å². The lowest BCUT2D eigenvalue weighted by Gasteiger charge is -2.41. The number of hydrogen-bond donors (Lipinski definition) is 4. The molecular weight excluding hydrogens is 370 g/mol. The van der Waals surface area contributed by atoms with E-state index >= 15 is 0 Å². The Bertz CT molecular complexity index is 452. The van der Waals surface area contributed by atoms with Crippen LogP contribution in [-0.2, 0) is 4.79 Å². The lowest BCUT2D eigenvalue weighted by Crippen LogP contribution is -2.58. The molecule has 0 amide bonds. The number of rotatable bonds is 18. The number of carbonyl (C=O) groups is 1. The third kappa shape index (κ3) is 13.6. The highest BCUT2D eigenvalue weighted by Crippen LogP contribution is 2.18. The lowest BCUT2D eigenvalue weighted by molar-refractivity contribution is -0.934. The van der Waals surface area contributed by atoms with E-state index in [1.165, 1.54) is 0 Å². The molecule has 29 heavy (non-hydrogen) atoms. The average molecular weight is 415 g/mol. The molecule has 0 fully saturated rings. The van der Waals surface area contributed by atoms with Crippen molar-refractivity contribution in [3.63, 3.8) is 0 Å². The normalized spacial score (nSPS) is 17.4. The summed E-state index contributed by atoms with van der Waals surface area (Å²) in [6, 6.07) is 0. The second-order valence-electron chi connectivity index (χ2n) is 8.20. The molecule has 0 heterocycles. The predicted molar refractivity (Wildman–Crippen MR) is 118 cm³/mol. The van der Waals surface area contributed by atoms with E-state index in [-0.39, 0.29) is 6.61 Å². The number of quaternary nitrogens is 1. The molecular formula is C23H44NO5+. The van der Waals surface area contributed by atoms with E-state index in [4.69, 9.17) is 0 Å². The summed E-state index contributed by atoms with van der Waals surface area (Å²) in [6.45, 7) is 7.46. The zero-order chi connectivity index (χ0) is 22.1. The van der Waals surface area contributed by atoms with Crippen molar-refractivity contribution >= 4 is 5.97 Å². The van der Waals surface area contributed by atoms with Gasteiger partial charge in [0, 0.05) is 6.42 Å². The summed E-state index contributed by atoms with van der Waals surface area (Å²) in [5.41, 5.74) is 0. The minimum absolute atomic E-state index is 0.0712. The maximum Gasteiger partial charge on any atom is 0.306 e. The van der Waals surface area contributed by atoms with Crippen LogP contribution in [0.2, 0.25) is 0 Å². The van der Waals surface area contributed by atoms with Crippen molar-refractivity contribution in [1.82, 2.24) is 0 Å². The summed E-state index contributed by atoms with van der Waals surface area (Å²) in [5, 5.41) is 40.1. The number of carboxylic acid groups (broad SMARTS) is 1. The molecule has 3 atom stereocenters. The highest BCUT2D eigenvalue weighted by molar-refractivity contribution is 5.69. The van der Waals surface area contributed by atoms with E-state index in [9.17, 15) is 25.2 Å². The first-order chi connectivity index (χ1) is 13.8. The van der Waals surface area contributed by atoms with Crippen LogP contribution >= 0.6 is 0 Å². The van der Waals surface area contributed by atoms with Gasteiger partial charge in [-0.15, -0.1) is 0 Å². The first-order valence-electron chi connectivity index (χ1n) is 11.1. The largest absolute Gasteiger partial charge is 0.481 e. The Hall–Kier alpha value is -1.21. The van der Waals surface area contributed by atoms with Crippen LogP contribution in [0, 0.1) is 5.92 Å². The van der Waals surface area contributed by atoms with Gasteiger partial charge in [0.05, 0.1) is 19.1 Å². The molecule has 0 bridgehead atoms. The Labute approximate surface area is 177 Å². The monoisotopic (exact) mass is 414 g/mol. The quantitative estimate of drug-likeness (QED) is 0.204. The molecule has 0 aliphatic carbocycles. The smallest absolute Gasteiger partial charge is 0.306 e.